The zero-order valence-electron chi connectivity index (χ0n) is 23.2. The van der Waals surface area contributed by atoms with Gasteiger partial charge in [-0.15, -0.1) is 0 Å². The van der Waals surface area contributed by atoms with E-state index in [1.165, 1.54) is 29.6 Å². The first-order valence-electron chi connectivity index (χ1n) is 13.1. The fourth-order valence-corrected chi connectivity index (χ4v) is 5.28. The predicted molar refractivity (Wildman–Crippen MR) is 147 cm³/mol. The molecule has 1 aliphatic heterocycles. The molecule has 3 amide bonds. The van der Waals surface area contributed by atoms with Crippen molar-refractivity contribution in [3.63, 3.8) is 0 Å². The number of aromatic nitrogens is 2. The van der Waals surface area contributed by atoms with Crippen molar-refractivity contribution < 1.29 is 32.3 Å². The fraction of sp³-hybridized carbons (Fsp3) is 0.519. The summed E-state index contributed by atoms with van der Waals surface area (Å²) in [4.78, 5) is 53.1. The Bertz CT molecular complexity index is 1310. The van der Waals surface area contributed by atoms with Gasteiger partial charge in [-0.05, 0) is 43.7 Å². The maximum Gasteiger partial charge on any atom is 0.452 e. The molecule has 2 heterocycles. The molecule has 0 bridgehead atoms. The third-order valence-electron chi connectivity index (χ3n) is 6.99. The molecule has 1 fully saturated rings. The predicted octanol–water partition coefficient (Wildman–Crippen LogP) is 4.51. The number of amides is 3. The lowest BCUT2D eigenvalue weighted by Crippen LogP contribution is -2.58. The highest BCUT2D eigenvalue weighted by molar-refractivity contribution is 6.37. The third kappa shape index (κ3) is 7.03. The van der Waals surface area contributed by atoms with E-state index >= 15 is 0 Å². The summed E-state index contributed by atoms with van der Waals surface area (Å²) in [5.74, 6) is -5.30. The second-order valence-electron chi connectivity index (χ2n) is 10.6. The molecule has 224 valence electrons. The number of para-hydroxylation sites is 1. The lowest BCUT2D eigenvalue weighted by atomic mass is 9.98. The maximum atomic E-state index is 13.6. The highest BCUT2D eigenvalue weighted by atomic mass is 35.5. The molecular weight excluding hydrogens is 586 g/mol. The van der Waals surface area contributed by atoms with Gasteiger partial charge in [0.05, 0.1) is 33.5 Å². The van der Waals surface area contributed by atoms with Crippen molar-refractivity contribution in [2.75, 3.05) is 6.54 Å². The number of hydrogen-bond donors (Lipinski definition) is 2. The van der Waals surface area contributed by atoms with E-state index in [0.29, 0.717) is 27.8 Å². The van der Waals surface area contributed by atoms with Crippen molar-refractivity contribution in [1.29, 1.82) is 0 Å². The molecule has 9 nitrogen and oxygen atoms in total. The van der Waals surface area contributed by atoms with Crippen LogP contribution < -0.4 is 10.6 Å². The first-order chi connectivity index (χ1) is 19.1. The minimum atomic E-state index is -5.12. The number of nitrogens with one attached hydrogen (secondary N) is 2. The molecule has 2 aromatic rings. The van der Waals surface area contributed by atoms with E-state index < -0.39 is 59.6 Å². The number of rotatable bonds is 9. The van der Waals surface area contributed by atoms with Crippen LogP contribution in [0.4, 0.5) is 13.2 Å². The second kappa shape index (κ2) is 12.8. The number of benzene rings is 1. The molecule has 2 N–H and O–H groups in total. The minimum Gasteiger partial charge on any atom is -0.344 e. The van der Waals surface area contributed by atoms with Crippen molar-refractivity contribution in [1.82, 2.24) is 25.3 Å². The van der Waals surface area contributed by atoms with Crippen LogP contribution in [-0.4, -0.2) is 69.0 Å². The highest BCUT2D eigenvalue weighted by Gasteiger charge is 2.46. The van der Waals surface area contributed by atoms with E-state index in [9.17, 15) is 32.3 Å². The Morgan fingerprint density at radius 3 is 2.12 bits per heavy atom. The van der Waals surface area contributed by atoms with Crippen LogP contribution in [0.1, 0.15) is 56.6 Å². The van der Waals surface area contributed by atoms with Gasteiger partial charge in [-0.1, -0.05) is 57.0 Å². The van der Waals surface area contributed by atoms with Gasteiger partial charge >= 0.3 is 6.18 Å². The Morgan fingerprint density at radius 1 is 1.00 bits per heavy atom. The van der Waals surface area contributed by atoms with Crippen molar-refractivity contribution >= 4 is 46.7 Å². The number of nitrogens with zero attached hydrogens (tertiary/aromatic N) is 3. The van der Waals surface area contributed by atoms with Gasteiger partial charge in [-0.3, -0.25) is 19.2 Å². The third-order valence-corrected chi connectivity index (χ3v) is 7.60. The van der Waals surface area contributed by atoms with Crippen LogP contribution in [0.2, 0.25) is 10.0 Å². The van der Waals surface area contributed by atoms with E-state index in [4.69, 9.17) is 23.2 Å². The van der Waals surface area contributed by atoms with E-state index in [0.717, 1.165) is 0 Å². The smallest absolute Gasteiger partial charge is 0.344 e. The Kier molecular flexibility index (Phi) is 10.1. The van der Waals surface area contributed by atoms with Crippen LogP contribution in [0, 0.1) is 18.8 Å². The van der Waals surface area contributed by atoms with Crippen molar-refractivity contribution in [2.45, 2.75) is 71.8 Å². The largest absolute Gasteiger partial charge is 0.452 e. The lowest BCUT2D eigenvalue weighted by Gasteiger charge is -2.31. The molecular formula is C27H32Cl2F3N5O4. The van der Waals surface area contributed by atoms with Crippen LogP contribution in [-0.2, 0) is 14.4 Å². The lowest BCUT2D eigenvalue weighted by molar-refractivity contribution is -0.175. The molecule has 1 aromatic carbocycles. The Morgan fingerprint density at radius 2 is 1.59 bits per heavy atom. The number of hydrogen-bond acceptors (Lipinski definition) is 5. The first-order valence-corrected chi connectivity index (χ1v) is 13.8. The molecule has 41 heavy (non-hydrogen) atoms. The van der Waals surface area contributed by atoms with Crippen LogP contribution in [0.5, 0.6) is 0 Å². The van der Waals surface area contributed by atoms with Gasteiger partial charge in [-0.2, -0.15) is 18.3 Å². The van der Waals surface area contributed by atoms with Crippen molar-refractivity contribution in [2.24, 2.45) is 11.8 Å². The van der Waals surface area contributed by atoms with Crippen LogP contribution in [0.25, 0.3) is 5.69 Å². The normalized spacial score (nSPS) is 17.1. The molecule has 3 atom stereocenters. The Labute approximate surface area is 245 Å². The minimum absolute atomic E-state index is 0.164. The van der Waals surface area contributed by atoms with Crippen LogP contribution in [0.3, 0.4) is 0 Å². The zero-order valence-corrected chi connectivity index (χ0v) is 24.7. The molecule has 0 saturated carbocycles. The van der Waals surface area contributed by atoms with Gasteiger partial charge in [0.1, 0.15) is 17.8 Å². The molecule has 0 aliphatic carbocycles. The maximum absolute atomic E-state index is 13.6. The summed E-state index contributed by atoms with van der Waals surface area (Å²) in [6, 6.07) is 0.994. The molecule has 0 unspecified atom stereocenters. The van der Waals surface area contributed by atoms with E-state index in [2.05, 4.69) is 15.7 Å². The first kappa shape index (κ1) is 32.4. The average molecular weight is 618 g/mol. The van der Waals surface area contributed by atoms with E-state index in [1.807, 2.05) is 0 Å². The van der Waals surface area contributed by atoms with Gasteiger partial charge in [-0.25, -0.2) is 4.68 Å². The van der Waals surface area contributed by atoms with Gasteiger partial charge in [0.2, 0.25) is 11.8 Å². The SMILES string of the molecule is Cc1c(C(=O)N[C@H](C(=O)N2CCC[C@H]2C(=O)N[C@H](C(=O)C(F)(F)F)C(C)C)C(C)C)cnn1-c1c(Cl)cccc1Cl. The fourth-order valence-electron chi connectivity index (χ4n) is 4.72. The van der Waals surface area contributed by atoms with Crippen molar-refractivity contribution in [3.8, 4) is 5.69 Å². The van der Waals surface area contributed by atoms with Gasteiger partial charge in [0.15, 0.2) is 0 Å². The number of Topliss-reactive ketones (excluding diaryl/α,β-unsaturated/α-hetero) is 1. The standard InChI is InChI=1S/C27H32Cl2F3N5O4/c1-13(2)20(23(38)27(30,31)32)34-25(40)19-10-7-11-36(19)26(41)21(14(3)4)35-24(39)16-12-33-37(15(16)5)22-17(28)8-6-9-18(22)29/h6,8-9,12-14,19-21H,7,10-11H2,1-5H3,(H,34,40)(H,35,39)/t19-,20-,21-/m0/s1. The number of carbonyl (C=O) groups excluding carboxylic acids is 4. The Hall–Kier alpha value is -3.12. The topological polar surface area (TPSA) is 113 Å². The Balaban J connectivity index is 1.80. The second-order valence-corrected chi connectivity index (χ2v) is 11.4. The van der Waals surface area contributed by atoms with Crippen LogP contribution >= 0.6 is 23.2 Å². The van der Waals surface area contributed by atoms with E-state index in [-0.39, 0.29) is 18.5 Å². The molecule has 1 aliphatic rings. The van der Waals surface area contributed by atoms with Gasteiger partial charge in [0.25, 0.3) is 11.7 Å². The summed E-state index contributed by atoms with van der Waals surface area (Å²) >= 11 is 12.6. The number of alkyl halides is 3. The number of ketones is 1. The summed E-state index contributed by atoms with van der Waals surface area (Å²) in [7, 11) is 0. The molecule has 0 radical (unpaired) electrons. The summed E-state index contributed by atoms with van der Waals surface area (Å²) in [5.41, 5.74) is 0.971. The molecule has 1 saturated heterocycles. The average Bonchev–Trinajstić information content (AvgIpc) is 3.51. The number of halogens is 5. The van der Waals surface area contributed by atoms with E-state index in [1.54, 1.807) is 39.0 Å². The summed E-state index contributed by atoms with van der Waals surface area (Å²) in [6.45, 7) is 8.01. The molecule has 0 spiro atoms. The quantitative estimate of drug-likeness (QED) is 0.430. The molecule has 1 aromatic heterocycles. The number of likely N-dealkylation sites (tertiary alicyclic amines) is 1. The molecule has 14 heteroatoms. The summed E-state index contributed by atoms with van der Waals surface area (Å²) in [6.07, 6.45) is -3.18. The summed E-state index contributed by atoms with van der Waals surface area (Å²) < 4.78 is 40.7. The molecule has 3 rings (SSSR count). The van der Waals surface area contributed by atoms with Crippen LogP contribution in [0.15, 0.2) is 24.4 Å². The summed E-state index contributed by atoms with van der Waals surface area (Å²) in [5, 5.41) is 9.80. The monoisotopic (exact) mass is 617 g/mol. The van der Waals surface area contributed by atoms with Crippen molar-refractivity contribution in [3.05, 3.63) is 45.7 Å². The highest BCUT2D eigenvalue weighted by Crippen LogP contribution is 2.30. The number of carbonyl (C=O) groups is 4. The van der Waals surface area contributed by atoms with Gasteiger partial charge in [0, 0.05) is 6.54 Å². The van der Waals surface area contributed by atoms with Gasteiger partial charge < -0.3 is 15.5 Å². The zero-order chi connectivity index (χ0) is 30.8.